The monoisotopic (exact) mass is 623 g/mol. The predicted molar refractivity (Wildman–Crippen MR) is 153 cm³/mol. The molecule has 1 aromatic carbocycles. The number of rotatable bonds is 9. The van der Waals surface area contributed by atoms with Crippen molar-refractivity contribution in [3.63, 3.8) is 0 Å². The first-order chi connectivity index (χ1) is 20.2. The molecule has 3 fully saturated rings. The van der Waals surface area contributed by atoms with Crippen molar-refractivity contribution < 1.29 is 33.5 Å². The van der Waals surface area contributed by atoms with Gasteiger partial charge >= 0.3 is 12.0 Å². The Morgan fingerprint density at radius 1 is 0.929 bits per heavy atom. The molecule has 1 aliphatic carbocycles. The molecule has 1 aromatic rings. The second kappa shape index (κ2) is 14.7. The summed E-state index contributed by atoms with van der Waals surface area (Å²) in [6.07, 6.45) is 5.84. The number of ether oxygens (including phenoxy) is 1. The Kier molecular flexibility index (Phi) is 11.0. The molecule has 2 aliphatic heterocycles. The lowest BCUT2D eigenvalue weighted by Gasteiger charge is -2.42. The lowest BCUT2D eigenvalue weighted by Crippen LogP contribution is -2.64. The van der Waals surface area contributed by atoms with E-state index in [1.165, 1.54) is 17.1 Å². The van der Waals surface area contributed by atoms with Gasteiger partial charge < -0.3 is 20.7 Å². The topological polar surface area (TPSA) is 154 Å². The molecule has 5 amide bonds. The first-order valence-corrected chi connectivity index (χ1v) is 15.0. The molecular formula is C28H35Cl2N5O7. The van der Waals surface area contributed by atoms with Crippen molar-refractivity contribution in [2.24, 2.45) is 0 Å². The third-order valence-electron chi connectivity index (χ3n) is 7.64. The Balaban J connectivity index is 1.30. The second-order valence-electron chi connectivity index (χ2n) is 10.7. The number of Topliss-reactive ketones (excluding diaryl/α,β-unsaturated/α-hetero) is 1. The Labute approximate surface area is 253 Å². The van der Waals surface area contributed by atoms with Crippen LogP contribution in [-0.4, -0.2) is 83.3 Å². The fourth-order valence-corrected chi connectivity index (χ4v) is 6.02. The van der Waals surface area contributed by atoms with E-state index in [1.54, 1.807) is 6.07 Å². The summed E-state index contributed by atoms with van der Waals surface area (Å²) in [5, 5.41) is 10.9. The molecular weight excluding hydrogens is 589 g/mol. The van der Waals surface area contributed by atoms with E-state index in [0.717, 1.165) is 37.1 Å². The molecule has 1 unspecified atom stereocenters. The SMILES string of the molecule is O=C(CCNC(=O)[C@@H]1CCCN2C(=O)CCC(NC(=O)NC3CCCCC3)C(=O)N12)COC(=O)c1c(Cl)cccc1Cl. The van der Waals surface area contributed by atoms with Crippen molar-refractivity contribution >= 4 is 58.7 Å². The quantitative estimate of drug-likeness (QED) is 0.357. The maximum absolute atomic E-state index is 13.6. The molecule has 228 valence electrons. The molecule has 12 nitrogen and oxygen atoms in total. The van der Waals surface area contributed by atoms with Gasteiger partial charge in [-0.25, -0.2) is 14.6 Å². The van der Waals surface area contributed by atoms with E-state index < -0.39 is 48.3 Å². The minimum Gasteiger partial charge on any atom is -0.454 e. The van der Waals surface area contributed by atoms with Gasteiger partial charge in [-0.3, -0.25) is 24.2 Å². The highest BCUT2D eigenvalue weighted by atomic mass is 35.5. The fourth-order valence-electron chi connectivity index (χ4n) is 5.46. The van der Waals surface area contributed by atoms with Crippen LogP contribution in [0, 0.1) is 0 Å². The van der Waals surface area contributed by atoms with E-state index in [4.69, 9.17) is 27.9 Å². The van der Waals surface area contributed by atoms with E-state index in [0.29, 0.717) is 12.8 Å². The number of nitrogens with one attached hydrogen (secondary N) is 3. The second-order valence-corrected chi connectivity index (χ2v) is 11.5. The van der Waals surface area contributed by atoms with Crippen molar-refractivity contribution in [2.75, 3.05) is 19.7 Å². The largest absolute Gasteiger partial charge is 0.454 e. The van der Waals surface area contributed by atoms with Gasteiger partial charge in [0, 0.05) is 32.0 Å². The third kappa shape index (κ3) is 7.91. The molecule has 0 aromatic heterocycles. The average Bonchev–Trinajstić information content (AvgIpc) is 3.08. The third-order valence-corrected chi connectivity index (χ3v) is 8.27. The first-order valence-electron chi connectivity index (χ1n) is 14.3. The van der Waals surface area contributed by atoms with Crippen LogP contribution in [0.3, 0.4) is 0 Å². The van der Waals surface area contributed by atoms with Gasteiger partial charge in [0.25, 0.3) is 5.91 Å². The van der Waals surface area contributed by atoms with Gasteiger partial charge in [0.2, 0.25) is 11.8 Å². The zero-order valence-corrected chi connectivity index (χ0v) is 24.7. The van der Waals surface area contributed by atoms with Gasteiger partial charge in [0.15, 0.2) is 5.78 Å². The molecule has 0 radical (unpaired) electrons. The van der Waals surface area contributed by atoms with Crippen LogP contribution in [0.2, 0.25) is 10.0 Å². The van der Waals surface area contributed by atoms with Crippen LogP contribution in [-0.2, 0) is 23.9 Å². The number of hydrazine groups is 1. The van der Waals surface area contributed by atoms with Crippen LogP contribution >= 0.6 is 23.2 Å². The number of esters is 1. The van der Waals surface area contributed by atoms with Crippen molar-refractivity contribution in [1.29, 1.82) is 0 Å². The molecule has 1 saturated carbocycles. The highest BCUT2D eigenvalue weighted by Gasteiger charge is 2.44. The Morgan fingerprint density at radius 3 is 2.36 bits per heavy atom. The lowest BCUT2D eigenvalue weighted by molar-refractivity contribution is -0.176. The van der Waals surface area contributed by atoms with Crippen LogP contribution in [0.25, 0.3) is 0 Å². The summed E-state index contributed by atoms with van der Waals surface area (Å²) in [4.78, 5) is 76.8. The Morgan fingerprint density at radius 2 is 1.64 bits per heavy atom. The number of amides is 5. The summed E-state index contributed by atoms with van der Waals surface area (Å²) in [6.45, 7) is -0.322. The fraction of sp³-hybridized carbons (Fsp3) is 0.571. The molecule has 0 spiro atoms. The van der Waals surface area contributed by atoms with Crippen LogP contribution < -0.4 is 16.0 Å². The number of hydrogen-bond acceptors (Lipinski definition) is 7. The van der Waals surface area contributed by atoms with Gasteiger partial charge in [-0.2, -0.15) is 0 Å². The smallest absolute Gasteiger partial charge is 0.341 e. The first kappa shape index (κ1) is 31.6. The summed E-state index contributed by atoms with van der Waals surface area (Å²) in [5.74, 6) is -2.65. The van der Waals surface area contributed by atoms with Crippen molar-refractivity contribution in [1.82, 2.24) is 26.0 Å². The van der Waals surface area contributed by atoms with E-state index in [1.807, 2.05) is 0 Å². The summed E-state index contributed by atoms with van der Waals surface area (Å²) >= 11 is 12.0. The molecule has 4 rings (SSSR count). The van der Waals surface area contributed by atoms with Crippen molar-refractivity contribution in [3.05, 3.63) is 33.8 Å². The molecule has 3 N–H and O–H groups in total. The minimum absolute atomic E-state index is 0.0419. The predicted octanol–water partition coefficient (Wildman–Crippen LogP) is 2.75. The van der Waals surface area contributed by atoms with E-state index >= 15 is 0 Å². The molecule has 2 saturated heterocycles. The number of carbonyl (C=O) groups is 6. The summed E-state index contributed by atoms with van der Waals surface area (Å²) in [6, 6.07) is 2.17. The van der Waals surface area contributed by atoms with Crippen LogP contribution in [0.15, 0.2) is 18.2 Å². The van der Waals surface area contributed by atoms with E-state index in [2.05, 4.69) is 16.0 Å². The lowest BCUT2D eigenvalue weighted by atomic mass is 9.96. The molecule has 3 aliphatic rings. The number of halogens is 2. The molecule has 2 heterocycles. The van der Waals surface area contributed by atoms with E-state index in [9.17, 15) is 28.8 Å². The molecule has 2 atom stereocenters. The Hall–Kier alpha value is -3.38. The number of hydrogen-bond donors (Lipinski definition) is 3. The Bertz CT molecular complexity index is 1200. The average molecular weight is 625 g/mol. The number of urea groups is 1. The van der Waals surface area contributed by atoms with Crippen molar-refractivity contribution in [3.8, 4) is 0 Å². The van der Waals surface area contributed by atoms with Gasteiger partial charge in [0.1, 0.15) is 18.7 Å². The number of benzene rings is 1. The number of fused-ring (bicyclic) bond motifs is 1. The summed E-state index contributed by atoms with van der Waals surface area (Å²) in [7, 11) is 0. The minimum atomic E-state index is -0.978. The number of ketones is 1. The zero-order chi connectivity index (χ0) is 30.2. The van der Waals surface area contributed by atoms with Gasteiger partial charge in [-0.1, -0.05) is 48.5 Å². The van der Waals surface area contributed by atoms with Gasteiger partial charge in [-0.05, 0) is 44.2 Å². The van der Waals surface area contributed by atoms with Crippen LogP contribution in [0.4, 0.5) is 4.79 Å². The summed E-state index contributed by atoms with van der Waals surface area (Å²) in [5.41, 5.74) is -0.0419. The molecule has 42 heavy (non-hydrogen) atoms. The zero-order valence-electron chi connectivity index (χ0n) is 23.2. The standard InChI is InChI=1S/C28H35Cl2N5O7/c29-19-8-4-9-20(30)24(19)27(40)42-16-18(36)13-14-31-25(38)22-10-5-15-34-23(37)12-11-21(26(39)35(22)34)33-28(41)32-17-6-2-1-3-7-17/h4,8-9,17,21-22H,1-3,5-7,10-16H2,(H,31,38)(H2,32,33,41)/t21?,22-/m0/s1. The highest BCUT2D eigenvalue weighted by Crippen LogP contribution is 2.26. The number of nitrogens with zero attached hydrogens (tertiary/aromatic N) is 2. The normalized spacial score (nSPS) is 21.2. The highest BCUT2D eigenvalue weighted by molar-refractivity contribution is 6.39. The van der Waals surface area contributed by atoms with Crippen molar-refractivity contribution in [2.45, 2.75) is 82.3 Å². The maximum Gasteiger partial charge on any atom is 0.341 e. The number of carbonyl (C=O) groups excluding carboxylic acids is 6. The van der Waals surface area contributed by atoms with Gasteiger partial charge in [-0.15, -0.1) is 0 Å². The molecule has 0 bridgehead atoms. The van der Waals surface area contributed by atoms with Crippen LogP contribution in [0.1, 0.15) is 74.6 Å². The maximum atomic E-state index is 13.6. The van der Waals surface area contributed by atoms with Gasteiger partial charge in [0.05, 0.1) is 15.6 Å². The van der Waals surface area contributed by atoms with E-state index in [-0.39, 0.29) is 59.9 Å². The summed E-state index contributed by atoms with van der Waals surface area (Å²) < 4.78 is 5.02. The molecule has 14 heteroatoms. The van der Waals surface area contributed by atoms with Crippen LogP contribution in [0.5, 0.6) is 0 Å².